The smallest absolute Gasteiger partial charge is 0.157 e. The largest absolute Gasteiger partial charge is 0.396 e. The second kappa shape index (κ2) is 8.08. The molecule has 5 atom stereocenters. The first-order valence-corrected chi connectivity index (χ1v) is 12.2. The van der Waals surface area contributed by atoms with E-state index in [4.69, 9.17) is 14.6 Å². The first-order valence-electron chi connectivity index (χ1n) is 12.2. The zero-order valence-corrected chi connectivity index (χ0v) is 19.3. The molecule has 7 nitrogen and oxygen atoms in total. The number of aliphatic hydroxyl groups excluding tert-OH is 1. The van der Waals surface area contributed by atoms with E-state index in [-0.39, 0.29) is 36.6 Å². The molecule has 1 saturated heterocycles. The van der Waals surface area contributed by atoms with Gasteiger partial charge in [-0.05, 0) is 49.8 Å². The van der Waals surface area contributed by atoms with E-state index in [1.807, 2.05) is 29.8 Å². The van der Waals surface area contributed by atoms with Crippen LogP contribution in [-0.2, 0) is 9.47 Å². The lowest BCUT2D eigenvalue weighted by atomic mass is 9.87. The molecule has 1 unspecified atom stereocenters. The number of ether oxygens (including phenoxy) is 2. The summed E-state index contributed by atoms with van der Waals surface area (Å²) < 4.78 is 14.0. The van der Waals surface area contributed by atoms with Crippen molar-refractivity contribution in [2.75, 3.05) is 11.9 Å². The van der Waals surface area contributed by atoms with Crippen molar-refractivity contribution in [3.63, 3.8) is 0 Å². The van der Waals surface area contributed by atoms with Crippen molar-refractivity contribution in [1.82, 2.24) is 14.6 Å². The molecular formula is C26H32N4O3. The number of hydrogen-bond acceptors (Lipinski definition) is 6. The molecule has 3 aliphatic rings. The maximum atomic E-state index is 10.1. The van der Waals surface area contributed by atoms with Crippen LogP contribution in [0.2, 0.25) is 0 Å². The van der Waals surface area contributed by atoms with Crippen molar-refractivity contribution in [2.24, 2.45) is 5.41 Å². The Balaban J connectivity index is 1.30. The Morgan fingerprint density at radius 2 is 2.03 bits per heavy atom. The lowest BCUT2D eigenvalue weighted by Gasteiger charge is -2.27. The van der Waals surface area contributed by atoms with E-state index in [0.717, 1.165) is 29.1 Å². The van der Waals surface area contributed by atoms with Crippen molar-refractivity contribution in [2.45, 2.75) is 76.4 Å². The van der Waals surface area contributed by atoms with Gasteiger partial charge in [0.25, 0.3) is 0 Å². The number of rotatable bonds is 5. The van der Waals surface area contributed by atoms with Crippen molar-refractivity contribution in [1.29, 1.82) is 0 Å². The van der Waals surface area contributed by atoms with Gasteiger partial charge in [0.15, 0.2) is 11.9 Å². The monoisotopic (exact) mass is 448 g/mol. The molecule has 2 N–H and O–H groups in total. The minimum Gasteiger partial charge on any atom is -0.396 e. The average Bonchev–Trinajstić information content (AvgIpc) is 3.60. The van der Waals surface area contributed by atoms with Crippen LogP contribution in [0.4, 0.5) is 5.82 Å². The third-order valence-electron chi connectivity index (χ3n) is 7.82. The number of aliphatic hydroxyl groups is 1. The molecule has 7 heteroatoms. The predicted molar refractivity (Wildman–Crippen MR) is 126 cm³/mol. The van der Waals surface area contributed by atoms with Gasteiger partial charge in [0, 0.05) is 23.2 Å². The van der Waals surface area contributed by atoms with Gasteiger partial charge in [-0.2, -0.15) is 9.61 Å². The fraction of sp³-hybridized carbons (Fsp3) is 0.538. The van der Waals surface area contributed by atoms with Crippen LogP contribution < -0.4 is 5.32 Å². The van der Waals surface area contributed by atoms with Gasteiger partial charge < -0.3 is 19.9 Å². The van der Waals surface area contributed by atoms with E-state index in [1.165, 1.54) is 31.2 Å². The predicted octanol–water partition coefficient (Wildman–Crippen LogP) is 4.37. The lowest BCUT2D eigenvalue weighted by Crippen LogP contribution is -2.36. The van der Waals surface area contributed by atoms with Crippen LogP contribution in [0.5, 0.6) is 0 Å². The van der Waals surface area contributed by atoms with Gasteiger partial charge in [-0.15, -0.1) is 0 Å². The first-order chi connectivity index (χ1) is 16.0. The molecule has 33 heavy (non-hydrogen) atoms. The van der Waals surface area contributed by atoms with Crippen LogP contribution in [-0.4, -0.2) is 50.9 Å². The van der Waals surface area contributed by atoms with Gasteiger partial charge in [-0.1, -0.05) is 38.0 Å². The van der Waals surface area contributed by atoms with Crippen LogP contribution >= 0.6 is 0 Å². The number of aromatic nitrogens is 3. The molecule has 2 aromatic heterocycles. The van der Waals surface area contributed by atoms with Gasteiger partial charge in [-0.25, -0.2) is 4.98 Å². The number of anilines is 1. The fourth-order valence-corrected chi connectivity index (χ4v) is 6.04. The molecule has 0 spiro atoms. The second-order valence-corrected chi connectivity index (χ2v) is 10.2. The topological polar surface area (TPSA) is 80.9 Å². The Labute approximate surface area is 194 Å². The maximum absolute atomic E-state index is 10.1. The Kier molecular flexibility index (Phi) is 5.16. The number of benzene rings is 1. The van der Waals surface area contributed by atoms with Crippen LogP contribution in [0.3, 0.4) is 0 Å². The second-order valence-electron chi connectivity index (χ2n) is 10.2. The molecule has 0 radical (unpaired) electrons. The van der Waals surface area contributed by atoms with E-state index in [1.54, 1.807) is 0 Å². The van der Waals surface area contributed by atoms with Gasteiger partial charge in [0.1, 0.15) is 11.9 Å². The summed E-state index contributed by atoms with van der Waals surface area (Å²) in [5, 5.41) is 18.6. The van der Waals surface area contributed by atoms with Gasteiger partial charge in [0.05, 0.1) is 24.4 Å². The summed E-state index contributed by atoms with van der Waals surface area (Å²) in [4.78, 5) is 4.55. The molecule has 3 aromatic rings. The van der Waals surface area contributed by atoms with Gasteiger partial charge in [0.2, 0.25) is 0 Å². The first kappa shape index (κ1) is 21.1. The molecule has 6 rings (SSSR count). The van der Waals surface area contributed by atoms with E-state index in [0.29, 0.717) is 5.92 Å². The van der Waals surface area contributed by atoms with E-state index >= 15 is 0 Å². The summed E-state index contributed by atoms with van der Waals surface area (Å²) in [6.07, 6.45) is 7.28. The van der Waals surface area contributed by atoms with Crippen LogP contribution in [0, 0.1) is 5.41 Å². The minimum atomic E-state index is -0.338. The third-order valence-corrected chi connectivity index (χ3v) is 7.82. The van der Waals surface area contributed by atoms with Gasteiger partial charge >= 0.3 is 0 Å². The molecule has 2 saturated carbocycles. The summed E-state index contributed by atoms with van der Waals surface area (Å²) in [5.74, 6) is 1.54. The quantitative estimate of drug-likeness (QED) is 0.603. The van der Waals surface area contributed by atoms with E-state index in [9.17, 15) is 5.11 Å². The minimum absolute atomic E-state index is 0.0149. The number of nitrogens with zero attached hydrogens (tertiary/aromatic N) is 3. The van der Waals surface area contributed by atoms with E-state index < -0.39 is 0 Å². The number of hydrogen-bond donors (Lipinski definition) is 2. The highest BCUT2D eigenvalue weighted by atomic mass is 16.7. The Morgan fingerprint density at radius 3 is 2.85 bits per heavy atom. The molecule has 2 aliphatic carbocycles. The maximum Gasteiger partial charge on any atom is 0.157 e. The Morgan fingerprint density at radius 1 is 1.18 bits per heavy atom. The molecule has 174 valence electrons. The SMILES string of the molecule is CC1O[C@H]2[C@H](Nc3ccnc4cc(-c5cccc(C6CCCC6)c5)nn34)C[C@](C)(CO)[C@H]2O1. The highest BCUT2D eigenvalue weighted by Crippen LogP contribution is 2.46. The molecule has 0 amide bonds. The third kappa shape index (κ3) is 3.63. The van der Waals surface area contributed by atoms with Gasteiger partial charge in [-0.3, -0.25) is 0 Å². The van der Waals surface area contributed by atoms with Crippen LogP contribution in [0.25, 0.3) is 16.9 Å². The molecule has 1 aliphatic heterocycles. The zero-order valence-electron chi connectivity index (χ0n) is 19.3. The molecule has 1 aromatic carbocycles. The molecule has 3 fully saturated rings. The van der Waals surface area contributed by atoms with Crippen molar-refractivity contribution in [3.8, 4) is 11.3 Å². The normalized spacial score (nSPS) is 32.0. The van der Waals surface area contributed by atoms with Crippen molar-refractivity contribution >= 4 is 11.5 Å². The highest BCUT2D eigenvalue weighted by molar-refractivity contribution is 5.66. The number of fused-ring (bicyclic) bond motifs is 2. The van der Waals surface area contributed by atoms with Crippen molar-refractivity contribution < 1.29 is 14.6 Å². The molecule has 3 heterocycles. The summed E-state index contributed by atoms with van der Waals surface area (Å²) in [6.45, 7) is 4.05. The van der Waals surface area contributed by atoms with Crippen LogP contribution in [0.1, 0.15) is 57.4 Å². The average molecular weight is 449 g/mol. The van der Waals surface area contributed by atoms with Crippen LogP contribution in [0.15, 0.2) is 42.6 Å². The number of nitrogens with one attached hydrogen (secondary N) is 1. The summed E-state index contributed by atoms with van der Waals surface area (Å²) >= 11 is 0. The molecular weight excluding hydrogens is 416 g/mol. The lowest BCUT2D eigenvalue weighted by molar-refractivity contribution is -0.0868. The Hall–Kier alpha value is -2.48. The zero-order chi connectivity index (χ0) is 22.6. The fourth-order valence-electron chi connectivity index (χ4n) is 6.04. The van der Waals surface area contributed by atoms with Crippen molar-refractivity contribution in [3.05, 3.63) is 48.2 Å². The Bertz CT molecular complexity index is 1160. The standard InChI is InChI=1S/C26H32N4O3/c1-16-32-24-21(14-26(2,15-31)25(24)33-16)28-22-10-11-27-23-13-20(29-30(22)23)19-9-5-8-18(12-19)17-6-3-4-7-17/h5,8-13,16-17,21,24-25,28,31H,3-4,6-7,14-15H2,1-2H3/t16?,21-,24+,25+,26-/m1/s1. The summed E-state index contributed by atoms with van der Waals surface area (Å²) in [6, 6.07) is 12.8. The van der Waals surface area contributed by atoms with E-state index in [2.05, 4.69) is 41.5 Å². The highest BCUT2D eigenvalue weighted by Gasteiger charge is 2.56. The summed E-state index contributed by atoms with van der Waals surface area (Å²) in [5.41, 5.74) is 3.94. The summed E-state index contributed by atoms with van der Waals surface area (Å²) in [7, 11) is 0. The molecule has 0 bridgehead atoms.